The Kier molecular flexibility index (Phi) is 5.05. The molecule has 1 aromatic rings. The molecule has 0 saturated heterocycles. The van der Waals surface area contributed by atoms with Gasteiger partial charge < -0.3 is 10.6 Å². The number of hydrogen-bond acceptors (Lipinski definition) is 2. The van der Waals surface area contributed by atoms with Gasteiger partial charge in [0.25, 0.3) is 0 Å². The topological polar surface area (TPSA) is 46.3 Å². The number of nitrogen functional groups attached to an aromatic ring is 1. The minimum atomic E-state index is 0.256. The molecule has 2 N–H and O–H groups in total. The van der Waals surface area contributed by atoms with Crippen LogP contribution in [0.5, 0.6) is 0 Å². The van der Waals surface area contributed by atoms with Crippen molar-refractivity contribution in [1.29, 1.82) is 0 Å². The van der Waals surface area contributed by atoms with Crippen molar-refractivity contribution in [2.24, 2.45) is 5.92 Å². The van der Waals surface area contributed by atoms with E-state index in [-0.39, 0.29) is 5.91 Å². The molecule has 1 saturated carbocycles. The quantitative estimate of drug-likeness (QED) is 0.857. The summed E-state index contributed by atoms with van der Waals surface area (Å²) in [6, 6.07) is 8.25. The van der Waals surface area contributed by atoms with E-state index in [1.54, 1.807) is 0 Å². The summed E-state index contributed by atoms with van der Waals surface area (Å²) in [6.07, 6.45) is 6.15. The van der Waals surface area contributed by atoms with Crippen LogP contribution >= 0.6 is 0 Å². The lowest BCUT2D eigenvalue weighted by atomic mass is 9.86. The fourth-order valence-electron chi connectivity index (χ4n) is 3.01. The number of hydrogen-bond donors (Lipinski definition) is 1. The van der Waals surface area contributed by atoms with Crippen molar-refractivity contribution in [2.75, 3.05) is 12.8 Å². The van der Waals surface area contributed by atoms with Gasteiger partial charge in [-0.15, -0.1) is 0 Å². The molecule has 3 heteroatoms. The summed E-state index contributed by atoms with van der Waals surface area (Å²) in [7, 11) is 1.96. The maximum Gasteiger partial charge on any atom is 0.222 e. The minimum absolute atomic E-state index is 0.256. The van der Waals surface area contributed by atoms with E-state index in [0.717, 1.165) is 36.4 Å². The third kappa shape index (κ3) is 3.99. The van der Waals surface area contributed by atoms with E-state index in [1.165, 1.54) is 12.8 Å². The molecule has 1 aliphatic rings. The van der Waals surface area contributed by atoms with Crippen LogP contribution in [0.4, 0.5) is 5.69 Å². The molecule has 0 aliphatic heterocycles. The van der Waals surface area contributed by atoms with E-state index in [9.17, 15) is 4.79 Å². The highest BCUT2D eigenvalue weighted by Crippen LogP contribution is 2.26. The van der Waals surface area contributed by atoms with Gasteiger partial charge in [-0.2, -0.15) is 0 Å². The number of carbonyl (C=O) groups excluding carboxylic acids is 1. The van der Waals surface area contributed by atoms with Crippen molar-refractivity contribution in [3.8, 4) is 0 Å². The second-order valence-electron chi connectivity index (χ2n) is 6.16. The standard InChI is InChI=1S/C17H26N2O/c1-13-6-9-16(10-7-13)19(2)17(20)11-8-14-4-3-5-15(18)12-14/h3-5,12-13,16H,6-11,18H2,1-2H3. The SMILES string of the molecule is CC1CCC(N(C)C(=O)CCc2cccc(N)c2)CC1. The third-order valence-corrected chi connectivity index (χ3v) is 4.51. The van der Waals surface area contributed by atoms with Gasteiger partial charge in [0.1, 0.15) is 0 Å². The lowest BCUT2D eigenvalue weighted by Crippen LogP contribution is -2.39. The molecule has 0 atom stereocenters. The zero-order chi connectivity index (χ0) is 14.5. The van der Waals surface area contributed by atoms with Crippen LogP contribution in [-0.4, -0.2) is 23.9 Å². The second kappa shape index (κ2) is 6.78. The number of rotatable bonds is 4. The summed E-state index contributed by atoms with van der Waals surface area (Å²) in [5.74, 6) is 1.08. The number of nitrogens with zero attached hydrogens (tertiary/aromatic N) is 1. The van der Waals surface area contributed by atoms with Gasteiger partial charge in [-0.05, 0) is 55.7 Å². The molecule has 0 heterocycles. The number of amides is 1. The van der Waals surface area contributed by atoms with E-state index in [1.807, 2.05) is 36.2 Å². The van der Waals surface area contributed by atoms with Crippen LogP contribution in [0.15, 0.2) is 24.3 Å². The lowest BCUT2D eigenvalue weighted by molar-refractivity contribution is -0.132. The highest BCUT2D eigenvalue weighted by molar-refractivity contribution is 5.76. The fourth-order valence-corrected chi connectivity index (χ4v) is 3.01. The van der Waals surface area contributed by atoms with Crippen LogP contribution in [-0.2, 0) is 11.2 Å². The van der Waals surface area contributed by atoms with E-state index in [2.05, 4.69) is 6.92 Å². The maximum absolute atomic E-state index is 12.3. The first-order chi connectivity index (χ1) is 9.56. The summed E-state index contributed by atoms with van der Waals surface area (Å²) in [5.41, 5.74) is 7.67. The van der Waals surface area contributed by atoms with Gasteiger partial charge >= 0.3 is 0 Å². The predicted octanol–water partition coefficient (Wildman–Crippen LogP) is 3.24. The average Bonchev–Trinajstić information content (AvgIpc) is 2.45. The summed E-state index contributed by atoms with van der Waals surface area (Å²) >= 11 is 0. The van der Waals surface area contributed by atoms with Crippen LogP contribution in [0, 0.1) is 5.92 Å². The zero-order valence-electron chi connectivity index (χ0n) is 12.6. The summed E-state index contributed by atoms with van der Waals surface area (Å²) < 4.78 is 0. The maximum atomic E-state index is 12.3. The van der Waals surface area contributed by atoms with Gasteiger partial charge in [-0.25, -0.2) is 0 Å². The number of anilines is 1. The molecule has 0 aromatic heterocycles. The Hall–Kier alpha value is -1.51. The van der Waals surface area contributed by atoms with E-state index >= 15 is 0 Å². The molecule has 1 aromatic carbocycles. The van der Waals surface area contributed by atoms with Crippen molar-refractivity contribution in [3.63, 3.8) is 0 Å². The molecular formula is C17H26N2O. The predicted molar refractivity (Wildman–Crippen MR) is 83.4 cm³/mol. The Balaban J connectivity index is 1.82. The van der Waals surface area contributed by atoms with Crippen molar-refractivity contribution in [2.45, 2.75) is 51.5 Å². The van der Waals surface area contributed by atoms with Crippen LogP contribution in [0.2, 0.25) is 0 Å². The normalized spacial score (nSPS) is 22.5. The zero-order valence-corrected chi connectivity index (χ0v) is 12.6. The van der Waals surface area contributed by atoms with Crippen molar-refractivity contribution in [1.82, 2.24) is 4.90 Å². The molecule has 1 aliphatic carbocycles. The highest BCUT2D eigenvalue weighted by Gasteiger charge is 2.24. The first-order valence-electron chi connectivity index (χ1n) is 7.66. The van der Waals surface area contributed by atoms with Crippen molar-refractivity contribution in [3.05, 3.63) is 29.8 Å². The number of nitrogens with two attached hydrogens (primary N) is 1. The van der Waals surface area contributed by atoms with Gasteiger partial charge in [0.2, 0.25) is 5.91 Å². The Morgan fingerprint density at radius 1 is 1.30 bits per heavy atom. The van der Waals surface area contributed by atoms with E-state index < -0.39 is 0 Å². The smallest absolute Gasteiger partial charge is 0.222 e. The first-order valence-corrected chi connectivity index (χ1v) is 7.66. The monoisotopic (exact) mass is 274 g/mol. The molecule has 1 amide bonds. The molecule has 1 fully saturated rings. The summed E-state index contributed by atoms with van der Waals surface area (Å²) in [5, 5.41) is 0. The molecule has 0 spiro atoms. The van der Waals surface area contributed by atoms with E-state index in [4.69, 9.17) is 5.73 Å². The van der Waals surface area contributed by atoms with Crippen molar-refractivity contribution < 1.29 is 4.79 Å². The van der Waals surface area contributed by atoms with Gasteiger partial charge in [0, 0.05) is 25.2 Å². The Morgan fingerprint density at radius 3 is 2.65 bits per heavy atom. The van der Waals surface area contributed by atoms with Gasteiger partial charge in [0.15, 0.2) is 0 Å². The van der Waals surface area contributed by atoms with Gasteiger partial charge in [-0.3, -0.25) is 4.79 Å². The molecule has 3 nitrogen and oxygen atoms in total. The van der Waals surface area contributed by atoms with Gasteiger partial charge in [0.05, 0.1) is 0 Å². The van der Waals surface area contributed by atoms with Crippen LogP contribution in [0.1, 0.15) is 44.6 Å². The summed E-state index contributed by atoms with van der Waals surface area (Å²) in [4.78, 5) is 14.2. The molecule has 2 rings (SSSR count). The highest BCUT2D eigenvalue weighted by atomic mass is 16.2. The minimum Gasteiger partial charge on any atom is -0.399 e. The van der Waals surface area contributed by atoms with Crippen molar-refractivity contribution >= 4 is 11.6 Å². The molecule has 20 heavy (non-hydrogen) atoms. The largest absolute Gasteiger partial charge is 0.399 e. The van der Waals surface area contributed by atoms with Crippen LogP contribution in [0.25, 0.3) is 0 Å². The Labute approximate surface area is 122 Å². The van der Waals surface area contributed by atoms with E-state index in [0.29, 0.717) is 12.5 Å². The molecule has 0 bridgehead atoms. The van der Waals surface area contributed by atoms with Crippen LogP contribution < -0.4 is 5.73 Å². The molecule has 0 radical (unpaired) electrons. The average molecular weight is 274 g/mol. The second-order valence-corrected chi connectivity index (χ2v) is 6.16. The van der Waals surface area contributed by atoms with Gasteiger partial charge in [-0.1, -0.05) is 19.1 Å². The Bertz CT molecular complexity index is 450. The molecule has 110 valence electrons. The lowest BCUT2D eigenvalue weighted by Gasteiger charge is -2.33. The fraction of sp³-hybridized carbons (Fsp3) is 0.588. The first kappa shape index (κ1) is 14.9. The number of carbonyl (C=O) groups is 1. The number of benzene rings is 1. The molecule has 0 unspecified atom stereocenters. The Morgan fingerprint density at radius 2 is 2.00 bits per heavy atom. The molecular weight excluding hydrogens is 248 g/mol. The van der Waals surface area contributed by atoms with Crippen LogP contribution in [0.3, 0.4) is 0 Å². The number of aryl methyl sites for hydroxylation is 1. The summed E-state index contributed by atoms with van der Waals surface area (Å²) in [6.45, 7) is 2.30. The third-order valence-electron chi connectivity index (χ3n) is 4.51.